The highest BCUT2D eigenvalue weighted by atomic mass is 32.1. The minimum atomic E-state index is 0.320. The largest absolute Gasteiger partial charge is 0.381 e. The predicted octanol–water partition coefficient (Wildman–Crippen LogP) is 2.42. The summed E-state index contributed by atoms with van der Waals surface area (Å²) in [5.41, 5.74) is 5.78. The van der Waals surface area contributed by atoms with Gasteiger partial charge in [-0.15, -0.1) is 11.3 Å². The van der Waals surface area contributed by atoms with Crippen LogP contribution in [0, 0.1) is 12.8 Å². The minimum absolute atomic E-state index is 0.320. The number of fused-ring (bicyclic) bond motifs is 1. The number of rotatable bonds is 3. The molecule has 0 radical (unpaired) electrons. The van der Waals surface area contributed by atoms with E-state index < -0.39 is 0 Å². The molecule has 19 heavy (non-hydrogen) atoms. The highest BCUT2D eigenvalue weighted by Crippen LogP contribution is 2.30. The molecule has 1 aliphatic rings. The normalized spacial score (nSPS) is 20.8. The number of aryl methyl sites for hydroxylation is 1. The van der Waals surface area contributed by atoms with Gasteiger partial charge in [-0.25, -0.2) is 4.98 Å². The molecule has 0 aliphatic carbocycles. The Balaban J connectivity index is 1.90. The number of nitrogens with two attached hydrogens (primary N) is 1. The number of nitrogen functional groups attached to an aromatic ring is 1. The number of nitrogens with zero attached hydrogens (tertiary/aromatic N) is 2. The molecular formula is C13H18N4OS. The van der Waals surface area contributed by atoms with E-state index in [0.29, 0.717) is 17.9 Å². The zero-order chi connectivity index (χ0) is 13.4. The molecule has 5 nitrogen and oxygen atoms in total. The van der Waals surface area contributed by atoms with E-state index in [1.54, 1.807) is 11.3 Å². The first kappa shape index (κ1) is 12.6. The van der Waals surface area contributed by atoms with Gasteiger partial charge in [0, 0.05) is 23.4 Å². The molecule has 3 rings (SSSR count). The van der Waals surface area contributed by atoms with E-state index in [1.807, 2.05) is 0 Å². The molecule has 2 atom stereocenters. The Kier molecular flexibility index (Phi) is 3.28. The average Bonchev–Trinajstić information content (AvgIpc) is 2.96. The van der Waals surface area contributed by atoms with Crippen LogP contribution in [0.15, 0.2) is 6.07 Å². The zero-order valence-corrected chi connectivity index (χ0v) is 12.0. The van der Waals surface area contributed by atoms with Crippen molar-refractivity contribution in [2.45, 2.75) is 26.3 Å². The van der Waals surface area contributed by atoms with Crippen molar-refractivity contribution in [1.29, 1.82) is 0 Å². The second-order valence-corrected chi connectivity index (χ2v) is 6.30. The molecule has 102 valence electrons. The van der Waals surface area contributed by atoms with E-state index in [0.717, 1.165) is 35.7 Å². The van der Waals surface area contributed by atoms with Gasteiger partial charge in [0.15, 0.2) is 0 Å². The smallest absolute Gasteiger partial charge is 0.223 e. The maximum atomic E-state index is 5.78. The van der Waals surface area contributed by atoms with Crippen LogP contribution in [0.25, 0.3) is 10.2 Å². The Bertz CT molecular complexity index is 592. The van der Waals surface area contributed by atoms with Gasteiger partial charge in [0.05, 0.1) is 12.0 Å². The van der Waals surface area contributed by atoms with Crippen molar-refractivity contribution in [3.05, 3.63) is 10.9 Å². The van der Waals surface area contributed by atoms with Crippen LogP contribution in [-0.4, -0.2) is 29.2 Å². The summed E-state index contributed by atoms with van der Waals surface area (Å²) in [5, 5.41) is 4.53. The highest BCUT2D eigenvalue weighted by Gasteiger charge is 2.23. The van der Waals surface area contributed by atoms with Gasteiger partial charge in [-0.2, -0.15) is 4.98 Å². The summed E-state index contributed by atoms with van der Waals surface area (Å²) in [7, 11) is 0. The quantitative estimate of drug-likeness (QED) is 0.902. The molecule has 0 saturated carbocycles. The van der Waals surface area contributed by atoms with Gasteiger partial charge in [0.25, 0.3) is 0 Å². The number of hydrogen-bond acceptors (Lipinski definition) is 6. The molecule has 3 N–H and O–H groups in total. The van der Waals surface area contributed by atoms with E-state index in [2.05, 4.69) is 35.2 Å². The third-order valence-electron chi connectivity index (χ3n) is 3.57. The summed E-state index contributed by atoms with van der Waals surface area (Å²) in [4.78, 5) is 10.8. The molecule has 3 heterocycles. The summed E-state index contributed by atoms with van der Waals surface area (Å²) in [5.74, 6) is 1.70. The molecule has 2 aromatic heterocycles. The van der Waals surface area contributed by atoms with E-state index in [4.69, 9.17) is 10.5 Å². The van der Waals surface area contributed by atoms with Gasteiger partial charge in [-0.1, -0.05) is 0 Å². The van der Waals surface area contributed by atoms with Crippen molar-refractivity contribution < 1.29 is 4.74 Å². The van der Waals surface area contributed by atoms with E-state index >= 15 is 0 Å². The van der Waals surface area contributed by atoms with Crippen molar-refractivity contribution in [1.82, 2.24) is 9.97 Å². The van der Waals surface area contributed by atoms with Crippen LogP contribution in [0.4, 0.5) is 11.8 Å². The predicted molar refractivity (Wildman–Crippen MR) is 78.6 cm³/mol. The fraction of sp³-hybridized carbons (Fsp3) is 0.538. The molecular weight excluding hydrogens is 260 g/mol. The van der Waals surface area contributed by atoms with Gasteiger partial charge in [-0.3, -0.25) is 0 Å². The molecule has 0 bridgehead atoms. The lowest BCUT2D eigenvalue weighted by Crippen LogP contribution is -2.26. The second kappa shape index (κ2) is 4.94. The number of nitrogens with one attached hydrogen (secondary N) is 1. The molecule has 1 fully saturated rings. The van der Waals surface area contributed by atoms with Crippen molar-refractivity contribution in [2.75, 3.05) is 24.3 Å². The molecule has 0 aromatic carbocycles. The van der Waals surface area contributed by atoms with Gasteiger partial charge in [0.1, 0.15) is 10.6 Å². The summed E-state index contributed by atoms with van der Waals surface area (Å²) < 4.78 is 5.44. The number of ether oxygens (including phenoxy) is 1. The van der Waals surface area contributed by atoms with Crippen molar-refractivity contribution in [2.24, 2.45) is 5.92 Å². The maximum Gasteiger partial charge on any atom is 0.223 e. The van der Waals surface area contributed by atoms with Crippen LogP contribution < -0.4 is 11.1 Å². The second-order valence-electron chi connectivity index (χ2n) is 5.06. The first-order valence-electron chi connectivity index (χ1n) is 6.51. The Hall–Kier alpha value is -1.40. The third kappa shape index (κ3) is 2.50. The van der Waals surface area contributed by atoms with Gasteiger partial charge in [-0.05, 0) is 26.3 Å². The number of hydrogen-bond donors (Lipinski definition) is 2. The summed E-state index contributed by atoms with van der Waals surface area (Å²) in [6.45, 7) is 5.92. The lowest BCUT2D eigenvalue weighted by molar-refractivity contribution is 0.183. The monoisotopic (exact) mass is 278 g/mol. The van der Waals surface area contributed by atoms with Crippen molar-refractivity contribution >= 4 is 33.3 Å². The fourth-order valence-electron chi connectivity index (χ4n) is 2.45. The van der Waals surface area contributed by atoms with Crippen LogP contribution in [0.2, 0.25) is 0 Å². The fourth-order valence-corrected chi connectivity index (χ4v) is 3.34. The van der Waals surface area contributed by atoms with E-state index in [9.17, 15) is 0 Å². The molecule has 1 aliphatic heterocycles. The van der Waals surface area contributed by atoms with Crippen molar-refractivity contribution in [3.63, 3.8) is 0 Å². The lowest BCUT2D eigenvalue weighted by Gasteiger charge is -2.20. The van der Waals surface area contributed by atoms with Crippen LogP contribution >= 0.6 is 11.3 Å². The SMILES string of the molecule is Cc1cc2c(NC(C)C3CCOC3)nc(N)nc2s1. The van der Waals surface area contributed by atoms with Crippen LogP contribution in [-0.2, 0) is 4.74 Å². The molecule has 2 aromatic rings. The van der Waals surface area contributed by atoms with Gasteiger partial charge < -0.3 is 15.8 Å². The first-order valence-corrected chi connectivity index (χ1v) is 7.33. The Labute approximate surface area is 116 Å². The average molecular weight is 278 g/mol. The van der Waals surface area contributed by atoms with Crippen LogP contribution in [0.5, 0.6) is 0 Å². The summed E-state index contributed by atoms with van der Waals surface area (Å²) in [6.07, 6.45) is 1.10. The molecule has 0 amide bonds. The lowest BCUT2D eigenvalue weighted by atomic mass is 10.0. The van der Waals surface area contributed by atoms with E-state index in [-0.39, 0.29) is 0 Å². The van der Waals surface area contributed by atoms with Crippen molar-refractivity contribution in [3.8, 4) is 0 Å². The molecule has 1 saturated heterocycles. The Morgan fingerprint density at radius 3 is 3.11 bits per heavy atom. The van der Waals surface area contributed by atoms with E-state index in [1.165, 1.54) is 4.88 Å². The Morgan fingerprint density at radius 2 is 2.37 bits per heavy atom. The minimum Gasteiger partial charge on any atom is -0.381 e. The number of anilines is 2. The third-order valence-corrected chi connectivity index (χ3v) is 4.51. The van der Waals surface area contributed by atoms with Crippen LogP contribution in [0.1, 0.15) is 18.2 Å². The number of thiophene rings is 1. The standard InChI is InChI=1S/C13H18N4OS/c1-7-5-10-11(16-13(14)17-12(10)19-7)15-8(2)9-3-4-18-6-9/h5,8-9H,3-4,6H2,1-2H3,(H3,14,15,16,17). The summed E-state index contributed by atoms with van der Waals surface area (Å²) >= 11 is 1.64. The topological polar surface area (TPSA) is 73.1 Å². The highest BCUT2D eigenvalue weighted by molar-refractivity contribution is 7.18. The zero-order valence-electron chi connectivity index (χ0n) is 11.1. The number of aromatic nitrogens is 2. The maximum absolute atomic E-state index is 5.78. The van der Waals surface area contributed by atoms with Gasteiger partial charge in [0.2, 0.25) is 5.95 Å². The molecule has 0 spiro atoms. The Morgan fingerprint density at radius 1 is 1.53 bits per heavy atom. The first-order chi connectivity index (χ1) is 9.13. The van der Waals surface area contributed by atoms with Gasteiger partial charge >= 0.3 is 0 Å². The molecule has 2 unspecified atom stereocenters. The van der Waals surface area contributed by atoms with Crippen LogP contribution in [0.3, 0.4) is 0 Å². The molecule has 6 heteroatoms. The summed E-state index contributed by atoms with van der Waals surface area (Å²) in [6, 6.07) is 2.43.